The molecule has 12 heteroatoms. The maximum atomic E-state index is 14.4. The Balaban J connectivity index is 1.92. The van der Waals surface area contributed by atoms with Crippen molar-refractivity contribution in [2.75, 3.05) is 5.75 Å². The molecule has 4 rings (SSSR count). The van der Waals surface area contributed by atoms with E-state index in [0.717, 1.165) is 16.7 Å². The van der Waals surface area contributed by atoms with Gasteiger partial charge in [0, 0.05) is 17.2 Å². The summed E-state index contributed by atoms with van der Waals surface area (Å²) in [5.74, 6) is -2.25. The van der Waals surface area contributed by atoms with E-state index in [2.05, 4.69) is 0 Å². The number of nitrogens with zero attached hydrogens (tertiary/aromatic N) is 2. The van der Waals surface area contributed by atoms with E-state index in [0.29, 0.717) is 17.7 Å². The molecule has 0 amide bonds. The van der Waals surface area contributed by atoms with Crippen LogP contribution in [0.4, 0.5) is 22.0 Å². The summed E-state index contributed by atoms with van der Waals surface area (Å²) in [6.45, 7) is 0.840. The van der Waals surface area contributed by atoms with Crippen molar-refractivity contribution in [1.82, 2.24) is 4.57 Å². The van der Waals surface area contributed by atoms with E-state index in [1.54, 1.807) is 0 Å². The molecule has 38 heavy (non-hydrogen) atoms. The fraction of sp³-hybridized carbons (Fsp3) is 0.154. The first kappa shape index (κ1) is 26.8. The number of furan rings is 1. The Bertz CT molecular complexity index is 1750. The maximum absolute atomic E-state index is 14.4. The SMILES string of the molecule is CCS(=O)(=O)c1cccc(-c2ccc(-c3cc(C(F)(F)F)c(C#N)c(=O)n3Cc3ccc(F)cc3F)o2)c1. The molecule has 0 saturated carbocycles. The molecule has 0 radical (unpaired) electrons. The molecule has 196 valence electrons. The fourth-order valence-electron chi connectivity index (χ4n) is 3.80. The average Bonchev–Trinajstić information content (AvgIpc) is 3.36. The molecule has 6 nitrogen and oxygen atoms in total. The predicted molar refractivity (Wildman–Crippen MR) is 127 cm³/mol. The van der Waals surface area contributed by atoms with Crippen LogP contribution in [0.3, 0.4) is 0 Å². The highest BCUT2D eigenvalue weighted by atomic mass is 32.2. The molecule has 0 spiro atoms. The standard InChI is InChI=1S/C26H17F5N2O4S/c1-2-38(35,36)18-5-3-4-15(10-18)23-8-9-24(37-23)22-12-20(26(29,30)31)19(13-32)25(34)33(22)14-16-6-7-17(27)11-21(16)28/h3-12H,2,14H2,1H3. The van der Waals surface area contributed by atoms with E-state index in [9.17, 15) is 40.4 Å². The number of pyridine rings is 1. The summed E-state index contributed by atoms with van der Waals surface area (Å²) < 4.78 is 99.9. The van der Waals surface area contributed by atoms with Crippen LogP contribution in [-0.4, -0.2) is 18.7 Å². The minimum absolute atomic E-state index is 0.0110. The quantitative estimate of drug-likeness (QED) is 0.285. The van der Waals surface area contributed by atoms with Crippen LogP contribution in [0.2, 0.25) is 0 Å². The van der Waals surface area contributed by atoms with Crippen molar-refractivity contribution < 1.29 is 34.8 Å². The van der Waals surface area contributed by atoms with E-state index < -0.39 is 56.6 Å². The Morgan fingerprint density at radius 3 is 2.34 bits per heavy atom. The molecule has 2 aromatic carbocycles. The van der Waals surface area contributed by atoms with Crippen LogP contribution < -0.4 is 5.56 Å². The van der Waals surface area contributed by atoms with Crippen molar-refractivity contribution in [1.29, 1.82) is 5.26 Å². The first-order valence-electron chi connectivity index (χ1n) is 11.0. The van der Waals surface area contributed by atoms with Crippen molar-refractivity contribution in [2.24, 2.45) is 0 Å². The van der Waals surface area contributed by atoms with Gasteiger partial charge in [0.15, 0.2) is 15.6 Å². The van der Waals surface area contributed by atoms with E-state index in [4.69, 9.17) is 4.42 Å². The first-order valence-corrected chi connectivity index (χ1v) is 12.6. The van der Waals surface area contributed by atoms with E-state index in [1.807, 2.05) is 0 Å². The third-order valence-corrected chi connectivity index (χ3v) is 7.51. The summed E-state index contributed by atoms with van der Waals surface area (Å²) in [4.78, 5) is 13.1. The molecule has 4 aromatic rings. The summed E-state index contributed by atoms with van der Waals surface area (Å²) in [6.07, 6.45) is -5.07. The highest BCUT2D eigenvalue weighted by molar-refractivity contribution is 7.91. The molecule has 0 unspecified atom stereocenters. The van der Waals surface area contributed by atoms with Gasteiger partial charge in [-0.1, -0.05) is 25.1 Å². The van der Waals surface area contributed by atoms with Crippen molar-refractivity contribution in [3.63, 3.8) is 0 Å². The number of halogens is 5. The lowest BCUT2D eigenvalue weighted by Crippen LogP contribution is -2.29. The summed E-state index contributed by atoms with van der Waals surface area (Å²) in [6, 6.07) is 12.6. The maximum Gasteiger partial charge on any atom is 0.417 e. The Morgan fingerprint density at radius 2 is 1.71 bits per heavy atom. The van der Waals surface area contributed by atoms with Crippen molar-refractivity contribution in [3.8, 4) is 28.8 Å². The molecule has 2 heterocycles. The number of rotatable bonds is 6. The zero-order valence-corrected chi connectivity index (χ0v) is 20.3. The lowest BCUT2D eigenvalue weighted by Gasteiger charge is -2.16. The molecule has 2 aromatic heterocycles. The summed E-state index contributed by atoms with van der Waals surface area (Å²) >= 11 is 0. The number of hydrogen-bond donors (Lipinski definition) is 0. The molecule has 0 aliphatic rings. The zero-order valence-electron chi connectivity index (χ0n) is 19.5. The minimum Gasteiger partial charge on any atom is -0.455 e. The van der Waals surface area contributed by atoms with Gasteiger partial charge in [-0.15, -0.1) is 0 Å². The molecular formula is C26H17F5N2O4S. The Hall–Kier alpha value is -4.24. The second kappa shape index (κ2) is 9.90. The van der Waals surface area contributed by atoms with Crippen LogP contribution in [-0.2, 0) is 22.6 Å². The molecule has 0 N–H and O–H groups in total. The minimum atomic E-state index is -5.07. The monoisotopic (exact) mass is 548 g/mol. The highest BCUT2D eigenvalue weighted by Crippen LogP contribution is 2.35. The second-order valence-corrected chi connectivity index (χ2v) is 10.4. The van der Waals surface area contributed by atoms with Gasteiger partial charge in [0.1, 0.15) is 29.0 Å². The van der Waals surface area contributed by atoms with Crippen molar-refractivity contribution >= 4 is 9.84 Å². The number of benzene rings is 2. The lowest BCUT2D eigenvalue weighted by molar-refractivity contribution is -0.137. The Morgan fingerprint density at radius 1 is 1.00 bits per heavy atom. The Labute approximate surface area is 213 Å². The van der Waals surface area contributed by atoms with Gasteiger partial charge in [0.2, 0.25) is 0 Å². The fourth-order valence-corrected chi connectivity index (χ4v) is 4.73. The topological polar surface area (TPSA) is 93.1 Å². The van der Waals surface area contributed by atoms with Gasteiger partial charge < -0.3 is 4.42 Å². The van der Waals surface area contributed by atoms with E-state index in [1.165, 1.54) is 49.4 Å². The number of alkyl halides is 3. The lowest BCUT2D eigenvalue weighted by atomic mass is 10.1. The van der Waals surface area contributed by atoms with Gasteiger partial charge in [-0.3, -0.25) is 9.36 Å². The number of aromatic nitrogens is 1. The zero-order chi connectivity index (χ0) is 27.8. The second-order valence-electron chi connectivity index (χ2n) is 8.15. The van der Waals surface area contributed by atoms with Gasteiger partial charge in [-0.2, -0.15) is 18.4 Å². The summed E-state index contributed by atoms with van der Waals surface area (Å²) in [7, 11) is -3.56. The number of sulfone groups is 1. The van der Waals surface area contributed by atoms with Gasteiger partial charge in [-0.05, 0) is 36.4 Å². The molecular weight excluding hydrogens is 531 g/mol. The van der Waals surface area contributed by atoms with Crippen molar-refractivity contribution in [3.05, 3.63) is 99.3 Å². The molecule has 0 aliphatic carbocycles. The molecule has 0 bridgehead atoms. The predicted octanol–water partition coefficient (Wildman–Crippen LogP) is 5.79. The van der Waals surface area contributed by atoms with Crippen LogP contribution in [0.5, 0.6) is 0 Å². The molecule has 0 atom stereocenters. The van der Waals surface area contributed by atoms with Gasteiger partial charge in [-0.25, -0.2) is 17.2 Å². The van der Waals surface area contributed by atoms with Gasteiger partial charge >= 0.3 is 6.18 Å². The molecule has 0 saturated heterocycles. The third kappa shape index (κ3) is 5.10. The van der Waals surface area contributed by atoms with Crippen LogP contribution in [0, 0.1) is 23.0 Å². The molecule has 0 aliphatic heterocycles. The van der Waals surface area contributed by atoms with Crippen molar-refractivity contribution in [2.45, 2.75) is 24.5 Å². The Kier molecular flexibility index (Phi) is 6.99. The third-order valence-electron chi connectivity index (χ3n) is 5.78. The average molecular weight is 548 g/mol. The largest absolute Gasteiger partial charge is 0.455 e. The number of nitriles is 1. The summed E-state index contributed by atoms with van der Waals surface area (Å²) in [5.41, 5.74) is -4.40. The van der Waals surface area contributed by atoms with Gasteiger partial charge in [0.25, 0.3) is 5.56 Å². The van der Waals surface area contributed by atoms with Crippen LogP contribution in [0.15, 0.2) is 74.8 Å². The van der Waals surface area contributed by atoms with Gasteiger partial charge in [0.05, 0.1) is 28.5 Å². The summed E-state index contributed by atoms with van der Waals surface area (Å²) in [5, 5.41) is 9.31. The smallest absolute Gasteiger partial charge is 0.417 e. The van der Waals surface area contributed by atoms with E-state index in [-0.39, 0.29) is 27.7 Å². The van der Waals surface area contributed by atoms with Crippen LogP contribution in [0.25, 0.3) is 22.8 Å². The highest BCUT2D eigenvalue weighted by Gasteiger charge is 2.37. The molecule has 0 fully saturated rings. The van der Waals surface area contributed by atoms with E-state index >= 15 is 0 Å². The number of hydrogen-bond acceptors (Lipinski definition) is 5. The van der Waals surface area contributed by atoms with Crippen LogP contribution >= 0.6 is 0 Å². The normalized spacial score (nSPS) is 11.9. The first-order chi connectivity index (χ1) is 17.9. The van der Waals surface area contributed by atoms with Crippen LogP contribution in [0.1, 0.15) is 23.6 Å².